The third kappa shape index (κ3) is 1.76. The highest BCUT2D eigenvalue weighted by Gasteiger charge is 2.21. The van der Waals surface area contributed by atoms with Crippen molar-refractivity contribution < 1.29 is 9.13 Å². The lowest BCUT2D eigenvalue weighted by atomic mass is 10.1. The molecule has 0 saturated heterocycles. The van der Waals surface area contributed by atoms with Crippen molar-refractivity contribution in [2.24, 2.45) is 0 Å². The lowest BCUT2D eigenvalue weighted by Crippen LogP contribution is -2.13. The maximum Gasteiger partial charge on any atom is 0.151 e. The van der Waals surface area contributed by atoms with E-state index >= 15 is 0 Å². The van der Waals surface area contributed by atoms with Gasteiger partial charge in [0, 0.05) is 12.0 Å². The summed E-state index contributed by atoms with van der Waals surface area (Å²) in [7, 11) is 0. The van der Waals surface area contributed by atoms with Crippen molar-refractivity contribution in [1.29, 1.82) is 0 Å². The molecule has 0 saturated carbocycles. The van der Waals surface area contributed by atoms with Crippen molar-refractivity contribution in [1.82, 2.24) is 9.78 Å². The summed E-state index contributed by atoms with van der Waals surface area (Å²) >= 11 is 6.04. The van der Waals surface area contributed by atoms with Crippen LogP contribution >= 0.6 is 11.6 Å². The van der Waals surface area contributed by atoms with Crippen LogP contribution in [0.25, 0.3) is 5.69 Å². The van der Waals surface area contributed by atoms with Crippen molar-refractivity contribution in [3.63, 3.8) is 0 Å². The Morgan fingerprint density at radius 3 is 3.06 bits per heavy atom. The third-order valence-electron chi connectivity index (χ3n) is 2.99. The van der Waals surface area contributed by atoms with Crippen molar-refractivity contribution >= 4 is 17.4 Å². The molecule has 1 aliphatic heterocycles. The highest BCUT2D eigenvalue weighted by Crippen LogP contribution is 2.28. The van der Waals surface area contributed by atoms with Gasteiger partial charge in [0.05, 0.1) is 29.6 Å². The quantitative estimate of drug-likeness (QED) is 0.863. The number of nitrogens with two attached hydrogens (primary N) is 1. The number of rotatable bonds is 1. The minimum Gasteiger partial charge on any atom is -0.382 e. The molecular weight excluding hydrogens is 257 g/mol. The van der Waals surface area contributed by atoms with Crippen LogP contribution in [0.15, 0.2) is 18.2 Å². The first kappa shape index (κ1) is 11.5. The van der Waals surface area contributed by atoms with Gasteiger partial charge in [0.15, 0.2) is 5.82 Å². The van der Waals surface area contributed by atoms with Crippen molar-refractivity contribution in [2.45, 2.75) is 13.0 Å². The van der Waals surface area contributed by atoms with E-state index in [1.165, 1.54) is 12.1 Å². The van der Waals surface area contributed by atoms with Crippen LogP contribution in [0.2, 0.25) is 5.02 Å². The van der Waals surface area contributed by atoms with Gasteiger partial charge in [-0.15, -0.1) is 5.10 Å². The van der Waals surface area contributed by atoms with Gasteiger partial charge in [-0.2, -0.15) is 0 Å². The summed E-state index contributed by atoms with van der Waals surface area (Å²) in [5, 5.41) is 4.57. The largest absolute Gasteiger partial charge is 0.382 e. The van der Waals surface area contributed by atoms with Crippen LogP contribution in [-0.4, -0.2) is 16.4 Å². The van der Waals surface area contributed by atoms with E-state index in [0.29, 0.717) is 36.2 Å². The predicted molar refractivity (Wildman–Crippen MR) is 66.3 cm³/mol. The molecule has 2 aromatic rings. The van der Waals surface area contributed by atoms with Gasteiger partial charge in [0.25, 0.3) is 0 Å². The number of hydrogen-bond acceptors (Lipinski definition) is 3. The Hall–Kier alpha value is -1.59. The number of fused-ring (bicyclic) bond motifs is 1. The zero-order valence-electron chi connectivity index (χ0n) is 9.49. The summed E-state index contributed by atoms with van der Waals surface area (Å²) in [6.07, 6.45) is 0.716. The van der Waals surface area contributed by atoms with Gasteiger partial charge in [0.2, 0.25) is 0 Å². The van der Waals surface area contributed by atoms with E-state index in [-0.39, 0.29) is 5.82 Å². The molecule has 0 aliphatic carbocycles. The van der Waals surface area contributed by atoms with Gasteiger partial charge in [-0.1, -0.05) is 11.6 Å². The number of nitrogen functional groups attached to an aromatic ring is 1. The maximum atomic E-state index is 13.0. The highest BCUT2D eigenvalue weighted by atomic mass is 35.5. The topological polar surface area (TPSA) is 53.1 Å². The third-order valence-corrected chi connectivity index (χ3v) is 3.29. The molecule has 0 amide bonds. The molecule has 0 spiro atoms. The smallest absolute Gasteiger partial charge is 0.151 e. The summed E-state index contributed by atoms with van der Waals surface area (Å²) in [6, 6.07) is 4.21. The fourth-order valence-corrected chi connectivity index (χ4v) is 2.36. The molecule has 4 nitrogen and oxygen atoms in total. The van der Waals surface area contributed by atoms with Crippen LogP contribution in [0, 0.1) is 5.82 Å². The second-order valence-corrected chi connectivity index (χ2v) is 4.53. The molecule has 18 heavy (non-hydrogen) atoms. The molecule has 0 unspecified atom stereocenters. The number of nitrogens with zero attached hydrogens (tertiary/aromatic N) is 2. The molecule has 1 aliphatic rings. The molecule has 0 bridgehead atoms. The molecular formula is C12H11ClFN3O. The second kappa shape index (κ2) is 4.26. The lowest BCUT2D eigenvalue weighted by molar-refractivity contribution is 0.110. The number of anilines is 1. The number of hydrogen-bond donors (Lipinski definition) is 1. The van der Waals surface area contributed by atoms with Gasteiger partial charge in [-0.3, -0.25) is 0 Å². The Balaban J connectivity index is 2.17. The second-order valence-electron chi connectivity index (χ2n) is 4.12. The molecule has 2 heterocycles. The van der Waals surface area contributed by atoms with Crippen molar-refractivity contribution in [3.05, 3.63) is 40.3 Å². The van der Waals surface area contributed by atoms with E-state index in [1.807, 2.05) is 0 Å². The lowest BCUT2D eigenvalue weighted by Gasteiger charge is -2.15. The van der Waals surface area contributed by atoms with Gasteiger partial charge in [0.1, 0.15) is 5.82 Å². The highest BCUT2D eigenvalue weighted by molar-refractivity contribution is 6.32. The van der Waals surface area contributed by atoms with E-state index < -0.39 is 0 Å². The molecule has 0 fully saturated rings. The molecule has 2 N–H and O–H groups in total. The zero-order chi connectivity index (χ0) is 12.7. The Kier molecular flexibility index (Phi) is 2.72. The van der Waals surface area contributed by atoms with Crippen LogP contribution < -0.4 is 5.73 Å². The summed E-state index contributed by atoms with van der Waals surface area (Å²) < 4.78 is 20.1. The predicted octanol–water partition coefficient (Wildman–Crippen LogP) is 2.32. The molecule has 1 aromatic heterocycles. The Morgan fingerprint density at radius 2 is 2.28 bits per heavy atom. The fourth-order valence-electron chi connectivity index (χ4n) is 2.11. The van der Waals surface area contributed by atoms with Crippen LogP contribution in [0.4, 0.5) is 10.2 Å². The monoisotopic (exact) mass is 267 g/mol. The number of ether oxygens (including phenoxy) is 1. The summed E-state index contributed by atoms with van der Waals surface area (Å²) in [5.41, 5.74) is 8.35. The summed E-state index contributed by atoms with van der Waals surface area (Å²) in [6.45, 7) is 1.08. The Bertz CT molecular complexity index is 612. The average Bonchev–Trinajstić information content (AvgIpc) is 2.68. The molecule has 3 rings (SSSR count). The van der Waals surface area contributed by atoms with Gasteiger partial charge < -0.3 is 10.5 Å². The Morgan fingerprint density at radius 1 is 1.44 bits per heavy atom. The van der Waals surface area contributed by atoms with E-state index in [4.69, 9.17) is 22.1 Å². The summed E-state index contributed by atoms with van der Waals surface area (Å²) in [5.74, 6) is 0.0613. The zero-order valence-corrected chi connectivity index (χ0v) is 10.2. The molecule has 0 atom stereocenters. The standard InChI is InChI=1S/C12H11ClFN3O/c13-9-5-7(14)1-2-11(9)17-10-3-4-18-6-8(10)12(15)16-17/h1-2,5H,3-4,6H2,(H2,15,16). The van der Waals surface area contributed by atoms with E-state index in [0.717, 1.165) is 11.3 Å². The minimum absolute atomic E-state index is 0.312. The van der Waals surface area contributed by atoms with Gasteiger partial charge in [-0.25, -0.2) is 9.07 Å². The molecule has 6 heteroatoms. The number of benzene rings is 1. The fraction of sp³-hybridized carbons (Fsp3) is 0.250. The van der Waals surface area contributed by atoms with Crippen molar-refractivity contribution in [3.8, 4) is 5.69 Å². The molecule has 1 aromatic carbocycles. The molecule has 0 radical (unpaired) electrons. The van der Waals surface area contributed by atoms with Crippen molar-refractivity contribution in [2.75, 3.05) is 12.3 Å². The molecule has 94 valence electrons. The normalized spacial score (nSPS) is 14.6. The van der Waals surface area contributed by atoms with Gasteiger partial charge >= 0.3 is 0 Å². The van der Waals surface area contributed by atoms with Crippen LogP contribution in [-0.2, 0) is 17.8 Å². The maximum absolute atomic E-state index is 13.0. The van der Waals surface area contributed by atoms with E-state index in [2.05, 4.69) is 5.10 Å². The number of halogens is 2. The first-order chi connectivity index (χ1) is 8.66. The van der Waals surface area contributed by atoms with Crippen LogP contribution in [0.3, 0.4) is 0 Å². The number of aromatic nitrogens is 2. The summed E-state index contributed by atoms with van der Waals surface area (Å²) in [4.78, 5) is 0. The Labute approximate surface area is 108 Å². The SMILES string of the molecule is Nc1nn(-c2ccc(F)cc2Cl)c2c1COCC2. The van der Waals surface area contributed by atoms with Crippen LogP contribution in [0.5, 0.6) is 0 Å². The van der Waals surface area contributed by atoms with E-state index in [1.54, 1.807) is 10.7 Å². The first-order valence-corrected chi connectivity index (χ1v) is 5.94. The van der Waals surface area contributed by atoms with Crippen LogP contribution in [0.1, 0.15) is 11.3 Å². The van der Waals surface area contributed by atoms with Gasteiger partial charge in [-0.05, 0) is 18.2 Å². The first-order valence-electron chi connectivity index (χ1n) is 5.56. The average molecular weight is 268 g/mol. The minimum atomic E-state index is -0.374. The van der Waals surface area contributed by atoms with E-state index in [9.17, 15) is 4.39 Å².